The first-order chi connectivity index (χ1) is 9.90. The van der Waals surface area contributed by atoms with Gasteiger partial charge in [-0.25, -0.2) is 8.78 Å². The van der Waals surface area contributed by atoms with Gasteiger partial charge in [0.15, 0.2) is 0 Å². The summed E-state index contributed by atoms with van der Waals surface area (Å²) in [7, 11) is 0. The van der Waals surface area contributed by atoms with Crippen molar-refractivity contribution in [2.24, 2.45) is 0 Å². The van der Waals surface area contributed by atoms with Crippen LogP contribution in [0.1, 0.15) is 18.5 Å². The first-order valence-electron chi connectivity index (χ1n) is 6.04. The van der Waals surface area contributed by atoms with E-state index in [9.17, 15) is 18.9 Å². The summed E-state index contributed by atoms with van der Waals surface area (Å²) in [6.07, 6.45) is 0. The minimum atomic E-state index is -0.599. The standard InChI is InChI=1S/C14H11F2IN2O2/c1-8(9-4-2-3-5-10(9)15)18-13-6-11(16)12(17)7-14(13)19(20)21/h2-8,18H,1H3. The second-order valence-electron chi connectivity index (χ2n) is 4.43. The normalized spacial score (nSPS) is 12.0. The molecule has 21 heavy (non-hydrogen) atoms. The third-order valence-electron chi connectivity index (χ3n) is 2.98. The van der Waals surface area contributed by atoms with Gasteiger partial charge in [-0.1, -0.05) is 18.2 Å². The minimum Gasteiger partial charge on any atom is -0.373 e. The van der Waals surface area contributed by atoms with Crippen molar-refractivity contribution in [2.75, 3.05) is 5.32 Å². The predicted octanol–water partition coefficient (Wildman–Crippen LogP) is 4.65. The Balaban J connectivity index is 2.37. The Morgan fingerprint density at radius 3 is 2.52 bits per heavy atom. The molecule has 1 N–H and O–H groups in total. The molecule has 0 radical (unpaired) electrons. The van der Waals surface area contributed by atoms with E-state index in [-0.39, 0.29) is 14.9 Å². The average molecular weight is 404 g/mol. The molecule has 0 saturated heterocycles. The zero-order valence-corrected chi connectivity index (χ0v) is 13.1. The van der Waals surface area contributed by atoms with Crippen molar-refractivity contribution >= 4 is 34.0 Å². The van der Waals surface area contributed by atoms with Gasteiger partial charge in [0, 0.05) is 17.7 Å². The number of nitrogens with one attached hydrogen (secondary N) is 1. The molecule has 7 heteroatoms. The number of hydrogen-bond acceptors (Lipinski definition) is 3. The molecule has 0 saturated carbocycles. The van der Waals surface area contributed by atoms with Crippen LogP contribution in [0.5, 0.6) is 0 Å². The lowest BCUT2D eigenvalue weighted by Crippen LogP contribution is -2.10. The molecule has 0 aliphatic heterocycles. The van der Waals surface area contributed by atoms with Crippen molar-refractivity contribution in [3.8, 4) is 0 Å². The summed E-state index contributed by atoms with van der Waals surface area (Å²) < 4.78 is 27.5. The van der Waals surface area contributed by atoms with E-state index < -0.39 is 22.6 Å². The Hall–Kier alpha value is -1.77. The Morgan fingerprint density at radius 1 is 1.24 bits per heavy atom. The molecule has 0 fully saturated rings. The van der Waals surface area contributed by atoms with Gasteiger partial charge in [0.05, 0.1) is 14.5 Å². The van der Waals surface area contributed by atoms with Gasteiger partial charge in [0.2, 0.25) is 0 Å². The van der Waals surface area contributed by atoms with Crippen LogP contribution in [-0.2, 0) is 0 Å². The smallest absolute Gasteiger partial charge is 0.293 e. The largest absolute Gasteiger partial charge is 0.373 e. The molecule has 0 spiro atoms. The fraction of sp³-hybridized carbons (Fsp3) is 0.143. The highest BCUT2D eigenvalue weighted by Gasteiger charge is 2.20. The molecule has 0 aromatic heterocycles. The first-order valence-corrected chi connectivity index (χ1v) is 7.12. The molecule has 0 heterocycles. The third kappa shape index (κ3) is 3.46. The van der Waals surface area contributed by atoms with E-state index in [1.54, 1.807) is 47.7 Å². The summed E-state index contributed by atoms with van der Waals surface area (Å²) >= 11 is 1.68. The third-order valence-corrected chi connectivity index (χ3v) is 3.81. The van der Waals surface area contributed by atoms with E-state index in [2.05, 4.69) is 5.32 Å². The second-order valence-corrected chi connectivity index (χ2v) is 5.59. The van der Waals surface area contributed by atoms with E-state index in [0.29, 0.717) is 5.56 Å². The van der Waals surface area contributed by atoms with Crippen molar-refractivity contribution in [3.05, 3.63) is 67.3 Å². The van der Waals surface area contributed by atoms with Crippen molar-refractivity contribution in [1.29, 1.82) is 0 Å². The molecule has 110 valence electrons. The molecular weight excluding hydrogens is 393 g/mol. The molecule has 2 aromatic carbocycles. The molecule has 2 aromatic rings. The Bertz CT molecular complexity index is 695. The van der Waals surface area contributed by atoms with Crippen LogP contribution in [-0.4, -0.2) is 4.92 Å². The van der Waals surface area contributed by atoms with Gasteiger partial charge in [-0.15, -0.1) is 0 Å². The summed E-state index contributed by atoms with van der Waals surface area (Å²) in [6, 6.07) is 7.75. The monoisotopic (exact) mass is 404 g/mol. The zero-order valence-electron chi connectivity index (χ0n) is 10.9. The number of nitro groups is 1. The van der Waals surface area contributed by atoms with E-state index in [0.717, 1.165) is 12.1 Å². The van der Waals surface area contributed by atoms with Crippen LogP contribution in [0.2, 0.25) is 0 Å². The maximum atomic E-state index is 13.7. The molecule has 1 unspecified atom stereocenters. The Morgan fingerprint density at radius 2 is 1.90 bits per heavy atom. The van der Waals surface area contributed by atoms with Crippen LogP contribution >= 0.6 is 22.6 Å². The quantitative estimate of drug-likeness (QED) is 0.459. The molecular formula is C14H11F2IN2O2. The van der Waals surface area contributed by atoms with Gasteiger partial charge < -0.3 is 5.32 Å². The second kappa shape index (κ2) is 6.33. The molecule has 2 rings (SSSR count). The van der Waals surface area contributed by atoms with Crippen LogP contribution in [0.25, 0.3) is 0 Å². The number of anilines is 1. The highest BCUT2D eigenvalue weighted by Crippen LogP contribution is 2.31. The maximum Gasteiger partial charge on any atom is 0.293 e. The Kier molecular flexibility index (Phi) is 4.71. The Labute approximate surface area is 133 Å². The molecule has 1 atom stereocenters. The van der Waals surface area contributed by atoms with E-state index in [1.807, 2.05) is 0 Å². The van der Waals surface area contributed by atoms with Crippen molar-refractivity contribution < 1.29 is 13.7 Å². The fourth-order valence-electron chi connectivity index (χ4n) is 1.94. The predicted molar refractivity (Wildman–Crippen MR) is 84.2 cm³/mol. The topological polar surface area (TPSA) is 55.2 Å². The van der Waals surface area contributed by atoms with Crippen molar-refractivity contribution in [3.63, 3.8) is 0 Å². The number of benzene rings is 2. The lowest BCUT2D eigenvalue weighted by molar-refractivity contribution is -0.384. The average Bonchev–Trinajstić information content (AvgIpc) is 2.42. The first kappa shape index (κ1) is 15.6. The SMILES string of the molecule is CC(Nc1cc(F)c(I)cc1[N+](=O)[O-])c1ccccc1F. The van der Waals surface area contributed by atoms with Gasteiger partial charge >= 0.3 is 0 Å². The molecule has 0 aliphatic rings. The van der Waals surface area contributed by atoms with Gasteiger partial charge in [-0.05, 0) is 35.6 Å². The molecule has 0 bridgehead atoms. The number of nitro benzene ring substituents is 1. The van der Waals surface area contributed by atoms with Crippen LogP contribution in [0.4, 0.5) is 20.2 Å². The van der Waals surface area contributed by atoms with Gasteiger partial charge in [0.25, 0.3) is 5.69 Å². The van der Waals surface area contributed by atoms with E-state index >= 15 is 0 Å². The summed E-state index contributed by atoms with van der Waals surface area (Å²) in [5.41, 5.74) is 0.128. The summed E-state index contributed by atoms with van der Waals surface area (Å²) in [5, 5.41) is 13.8. The summed E-state index contributed by atoms with van der Waals surface area (Å²) in [5.74, 6) is -0.990. The van der Waals surface area contributed by atoms with Crippen LogP contribution in [0.15, 0.2) is 36.4 Å². The number of nitrogens with zero attached hydrogens (tertiary/aromatic N) is 1. The lowest BCUT2D eigenvalue weighted by Gasteiger charge is -2.16. The van der Waals surface area contributed by atoms with Gasteiger partial charge in [-0.2, -0.15) is 0 Å². The van der Waals surface area contributed by atoms with E-state index in [4.69, 9.17) is 0 Å². The lowest BCUT2D eigenvalue weighted by atomic mass is 10.1. The van der Waals surface area contributed by atoms with E-state index in [1.165, 1.54) is 6.07 Å². The van der Waals surface area contributed by atoms with Crippen LogP contribution < -0.4 is 5.32 Å². The van der Waals surface area contributed by atoms with Crippen LogP contribution in [0, 0.1) is 25.3 Å². The number of hydrogen-bond donors (Lipinski definition) is 1. The van der Waals surface area contributed by atoms with Gasteiger partial charge in [0.1, 0.15) is 17.3 Å². The minimum absolute atomic E-state index is 0.0219. The van der Waals surface area contributed by atoms with Gasteiger partial charge in [-0.3, -0.25) is 10.1 Å². The molecule has 0 aliphatic carbocycles. The fourth-order valence-corrected chi connectivity index (χ4v) is 2.39. The zero-order chi connectivity index (χ0) is 15.6. The molecule has 0 amide bonds. The molecule has 4 nitrogen and oxygen atoms in total. The summed E-state index contributed by atoms with van der Waals surface area (Å²) in [6.45, 7) is 1.65. The number of rotatable bonds is 4. The van der Waals surface area contributed by atoms with Crippen molar-refractivity contribution in [1.82, 2.24) is 0 Å². The number of halogens is 3. The summed E-state index contributed by atoms with van der Waals surface area (Å²) in [4.78, 5) is 10.4. The maximum absolute atomic E-state index is 13.7. The van der Waals surface area contributed by atoms with Crippen molar-refractivity contribution in [2.45, 2.75) is 13.0 Å². The highest BCUT2D eigenvalue weighted by molar-refractivity contribution is 14.1. The highest BCUT2D eigenvalue weighted by atomic mass is 127. The van der Waals surface area contributed by atoms with Crippen LogP contribution in [0.3, 0.4) is 0 Å².